The second-order valence-corrected chi connectivity index (χ2v) is 14.3. The molecule has 3 aromatic carbocycles. The van der Waals surface area contributed by atoms with Gasteiger partial charge in [0, 0.05) is 34.0 Å². The van der Waals surface area contributed by atoms with E-state index in [1.807, 2.05) is 66.7 Å². The molecule has 0 spiro atoms. The van der Waals surface area contributed by atoms with Crippen LogP contribution in [0.25, 0.3) is 43.7 Å². The number of aromatic nitrogens is 2. The fourth-order valence-electron chi connectivity index (χ4n) is 4.48. The number of rotatable bonds is 7. The van der Waals surface area contributed by atoms with Gasteiger partial charge in [-0.05, 0) is 80.3 Å². The van der Waals surface area contributed by atoms with E-state index in [0.717, 1.165) is 49.3 Å². The first-order valence-electron chi connectivity index (χ1n) is 12.6. The SMILES string of the molecule is CC(Cc1cc(-c2cccc(-c3nc(C(C)(C)O)sc3-c3ccc(Cl)cc3)c2)c2ncccc2c1)S(C)(=O)=O. The summed E-state index contributed by atoms with van der Waals surface area (Å²) in [5.74, 6) is 0. The van der Waals surface area contributed by atoms with Gasteiger partial charge in [0.15, 0.2) is 0 Å². The Labute approximate surface area is 238 Å². The molecule has 8 heteroatoms. The van der Waals surface area contributed by atoms with Crippen LogP contribution < -0.4 is 0 Å². The molecule has 2 heterocycles. The molecule has 1 atom stereocenters. The van der Waals surface area contributed by atoms with Gasteiger partial charge in [0.05, 0.1) is 21.3 Å². The number of aliphatic hydroxyl groups is 1. The maximum Gasteiger partial charge on any atom is 0.150 e. The van der Waals surface area contributed by atoms with Crippen molar-refractivity contribution in [1.29, 1.82) is 0 Å². The first kappa shape index (κ1) is 27.5. The van der Waals surface area contributed by atoms with E-state index < -0.39 is 20.7 Å². The lowest BCUT2D eigenvalue weighted by Crippen LogP contribution is -2.18. The fourth-order valence-corrected chi connectivity index (χ4v) is 6.20. The third-order valence-corrected chi connectivity index (χ3v) is 10.0. The molecule has 0 amide bonds. The Morgan fingerprint density at radius 2 is 1.69 bits per heavy atom. The van der Waals surface area contributed by atoms with E-state index in [-0.39, 0.29) is 0 Å². The molecule has 5 rings (SSSR count). The largest absolute Gasteiger partial charge is 0.383 e. The van der Waals surface area contributed by atoms with Crippen LogP contribution in [-0.2, 0) is 21.9 Å². The van der Waals surface area contributed by atoms with Gasteiger partial charge in [-0.1, -0.05) is 48.0 Å². The number of hydrogen-bond donors (Lipinski definition) is 1. The zero-order valence-electron chi connectivity index (χ0n) is 22.1. The summed E-state index contributed by atoms with van der Waals surface area (Å²) in [5, 5.41) is 12.5. The van der Waals surface area contributed by atoms with Crippen molar-refractivity contribution in [2.45, 2.75) is 38.0 Å². The van der Waals surface area contributed by atoms with Crippen LogP contribution in [0, 0.1) is 0 Å². The van der Waals surface area contributed by atoms with Crippen LogP contribution in [0.1, 0.15) is 31.3 Å². The lowest BCUT2D eigenvalue weighted by Gasteiger charge is -2.14. The first-order valence-corrected chi connectivity index (χ1v) is 15.7. The van der Waals surface area contributed by atoms with Crippen LogP contribution >= 0.6 is 22.9 Å². The molecule has 5 aromatic rings. The average Bonchev–Trinajstić information content (AvgIpc) is 3.34. The van der Waals surface area contributed by atoms with E-state index in [2.05, 4.69) is 11.1 Å². The molecule has 0 aliphatic rings. The Hall–Kier alpha value is -3.10. The van der Waals surface area contributed by atoms with Gasteiger partial charge in [-0.3, -0.25) is 4.98 Å². The predicted octanol–water partition coefficient (Wildman–Crippen LogP) is 7.55. The summed E-state index contributed by atoms with van der Waals surface area (Å²) in [7, 11) is -3.17. The fraction of sp³-hybridized carbons (Fsp3) is 0.226. The van der Waals surface area contributed by atoms with Crippen molar-refractivity contribution in [3.05, 3.63) is 94.6 Å². The minimum atomic E-state index is -3.17. The molecule has 0 aliphatic heterocycles. The van der Waals surface area contributed by atoms with Gasteiger partial charge in [-0.15, -0.1) is 11.3 Å². The number of sulfone groups is 1. The summed E-state index contributed by atoms with van der Waals surface area (Å²) >= 11 is 7.61. The molecule has 2 aromatic heterocycles. The maximum atomic E-state index is 12.2. The monoisotopic (exact) mass is 576 g/mol. The number of halogens is 1. The molecular formula is C31H29ClN2O3S2. The lowest BCUT2D eigenvalue weighted by molar-refractivity contribution is 0.0783. The third kappa shape index (κ3) is 5.92. The average molecular weight is 577 g/mol. The minimum Gasteiger partial charge on any atom is -0.383 e. The zero-order valence-corrected chi connectivity index (χ0v) is 24.5. The summed E-state index contributed by atoms with van der Waals surface area (Å²) in [4.78, 5) is 10.5. The van der Waals surface area contributed by atoms with Gasteiger partial charge >= 0.3 is 0 Å². The molecule has 5 nitrogen and oxygen atoms in total. The topological polar surface area (TPSA) is 80.2 Å². The number of nitrogens with zero attached hydrogens (tertiary/aromatic N) is 2. The van der Waals surface area contributed by atoms with E-state index in [1.54, 1.807) is 27.0 Å². The summed E-state index contributed by atoms with van der Waals surface area (Å²) < 4.78 is 24.3. The Morgan fingerprint density at radius 3 is 2.38 bits per heavy atom. The number of benzene rings is 3. The van der Waals surface area contributed by atoms with Crippen molar-refractivity contribution in [2.24, 2.45) is 0 Å². The Bertz CT molecular complexity index is 1770. The molecule has 0 bridgehead atoms. The molecule has 0 saturated carbocycles. The van der Waals surface area contributed by atoms with Gasteiger partial charge in [0.1, 0.15) is 20.4 Å². The van der Waals surface area contributed by atoms with E-state index in [0.29, 0.717) is 16.5 Å². The van der Waals surface area contributed by atoms with Crippen molar-refractivity contribution >= 4 is 43.7 Å². The van der Waals surface area contributed by atoms with Crippen molar-refractivity contribution < 1.29 is 13.5 Å². The number of hydrogen-bond acceptors (Lipinski definition) is 6. The summed E-state index contributed by atoms with van der Waals surface area (Å²) in [6, 6.07) is 23.7. The Morgan fingerprint density at radius 1 is 0.974 bits per heavy atom. The number of thiazole rings is 1. The molecular weight excluding hydrogens is 548 g/mol. The van der Waals surface area contributed by atoms with Crippen molar-refractivity contribution in [1.82, 2.24) is 9.97 Å². The van der Waals surface area contributed by atoms with Crippen molar-refractivity contribution in [3.8, 4) is 32.8 Å². The van der Waals surface area contributed by atoms with E-state index in [4.69, 9.17) is 16.6 Å². The highest BCUT2D eigenvalue weighted by Crippen LogP contribution is 2.41. The highest BCUT2D eigenvalue weighted by molar-refractivity contribution is 7.91. The highest BCUT2D eigenvalue weighted by Gasteiger charge is 2.25. The smallest absolute Gasteiger partial charge is 0.150 e. The van der Waals surface area contributed by atoms with Gasteiger partial charge in [0.2, 0.25) is 0 Å². The molecule has 0 radical (unpaired) electrons. The summed E-state index contributed by atoms with van der Waals surface area (Å²) in [6.45, 7) is 5.21. The third-order valence-electron chi connectivity index (χ3n) is 6.72. The number of fused-ring (bicyclic) bond motifs is 1. The summed E-state index contributed by atoms with van der Waals surface area (Å²) in [6.07, 6.45) is 3.46. The van der Waals surface area contributed by atoms with Crippen molar-refractivity contribution in [3.63, 3.8) is 0 Å². The number of pyridine rings is 1. The van der Waals surface area contributed by atoms with E-state index in [1.165, 1.54) is 17.6 Å². The van der Waals surface area contributed by atoms with Crippen LogP contribution in [-0.4, -0.2) is 35.0 Å². The van der Waals surface area contributed by atoms with Gasteiger partial charge in [-0.25, -0.2) is 13.4 Å². The van der Waals surface area contributed by atoms with Crippen LogP contribution in [0.3, 0.4) is 0 Å². The lowest BCUT2D eigenvalue weighted by atomic mass is 9.95. The van der Waals surface area contributed by atoms with Crippen molar-refractivity contribution in [2.75, 3.05) is 6.26 Å². The van der Waals surface area contributed by atoms with Crippen LogP contribution in [0.2, 0.25) is 5.02 Å². The van der Waals surface area contributed by atoms with Gasteiger partial charge in [0.25, 0.3) is 0 Å². The second kappa shape index (κ2) is 10.5. The van der Waals surface area contributed by atoms with Gasteiger partial charge in [-0.2, -0.15) is 0 Å². The highest BCUT2D eigenvalue weighted by atomic mass is 35.5. The zero-order chi connectivity index (χ0) is 27.9. The first-order chi connectivity index (χ1) is 18.4. The van der Waals surface area contributed by atoms with Crippen LogP contribution in [0.4, 0.5) is 0 Å². The standard InChI is InChI=1S/C31H29ClN2O3S2/c1-19(39(4,36)37)15-20-16-23-9-6-14-33-27(23)26(17-20)22-7-5-8-24(18-22)28-29(21-10-12-25(32)13-11-21)38-30(34-28)31(2,3)35/h5-14,16-19,35H,15H2,1-4H3. The van der Waals surface area contributed by atoms with Gasteiger partial charge < -0.3 is 5.11 Å². The van der Waals surface area contributed by atoms with E-state index >= 15 is 0 Å². The van der Waals surface area contributed by atoms with E-state index in [9.17, 15) is 13.5 Å². The van der Waals surface area contributed by atoms with Crippen LogP contribution in [0.15, 0.2) is 79.0 Å². The molecule has 1 unspecified atom stereocenters. The van der Waals surface area contributed by atoms with Crippen LogP contribution in [0.5, 0.6) is 0 Å². The molecule has 0 aliphatic carbocycles. The molecule has 1 N–H and O–H groups in total. The second-order valence-electron chi connectivity index (χ2n) is 10.4. The molecule has 0 saturated heterocycles. The minimum absolute atomic E-state index is 0.415. The molecule has 39 heavy (non-hydrogen) atoms. The quantitative estimate of drug-likeness (QED) is 0.216. The predicted molar refractivity (Wildman–Crippen MR) is 162 cm³/mol. The maximum absolute atomic E-state index is 12.2. The molecule has 200 valence electrons. The Kier molecular flexibility index (Phi) is 7.37. The normalized spacial score (nSPS) is 13.1. The molecule has 0 fully saturated rings. The Balaban J connectivity index is 1.66. The summed E-state index contributed by atoms with van der Waals surface area (Å²) in [5.41, 5.74) is 5.22.